The van der Waals surface area contributed by atoms with Crippen molar-refractivity contribution in [1.29, 1.82) is 0 Å². The number of aromatic amines is 1. The smallest absolute Gasteiger partial charge is 0.241 e. The number of benzene rings is 1. The molecule has 1 heterocycles. The summed E-state index contributed by atoms with van der Waals surface area (Å²) in [6.45, 7) is 1.61. The molecule has 0 saturated heterocycles. The van der Waals surface area contributed by atoms with Crippen molar-refractivity contribution in [2.45, 2.75) is 24.7 Å². The van der Waals surface area contributed by atoms with Crippen molar-refractivity contribution in [2.24, 2.45) is 0 Å². The van der Waals surface area contributed by atoms with Crippen molar-refractivity contribution in [3.8, 4) is 0 Å². The van der Waals surface area contributed by atoms with E-state index in [2.05, 4.69) is 19.9 Å². The number of nitrogen functional groups attached to an aromatic ring is 1. The van der Waals surface area contributed by atoms with Crippen molar-refractivity contribution in [3.05, 3.63) is 35.7 Å². The fourth-order valence-electron chi connectivity index (χ4n) is 1.84. The second kappa shape index (κ2) is 6.19. The summed E-state index contributed by atoms with van der Waals surface area (Å²) in [5.74, 6) is 0.0393. The molecule has 0 radical (unpaired) electrons. The van der Waals surface area contributed by atoms with E-state index in [0.717, 1.165) is 6.07 Å². The van der Waals surface area contributed by atoms with Gasteiger partial charge in [-0.2, -0.15) is 5.10 Å². The maximum Gasteiger partial charge on any atom is 0.241 e. The van der Waals surface area contributed by atoms with Crippen LogP contribution in [0.3, 0.4) is 0 Å². The Bertz CT molecular complexity index is 715. The molecule has 0 amide bonds. The lowest BCUT2D eigenvalue weighted by Gasteiger charge is -2.10. The highest BCUT2D eigenvalue weighted by Crippen LogP contribution is 2.21. The highest BCUT2D eigenvalue weighted by Gasteiger charge is 2.19. The van der Waals surface area contributed by atoms with Gasteiger partial charge in [-0.15, -0.1) is 0 Å². The molecule has 0 aliphatic heterocycles. The topological polar surface area (TPSA) is 114 Å². The second-order valence-electron chi connectivity index (χ2n) is 4.56. The summed E-state index contributed by atoms with van der Waals surface area (Å²) in [7, 11) is -3.79. The molecular formula is C12H16FN5O2S. The highest BCUT2D eigenvalue weighted by atomic mass is 32.2. The van der Waals surface area contributed by atoms with Crippen molar-refractivity contribution >= 4 is 15.7 Å². The summed E-state index contributed by atoms with van der Waals surface area (Å²) in [6, 6.07) is 2.34. The van der Waals surface area contributed by atoms with Gasteiger partial charge in [0.2, 0.25) is 10.0 Å². The van der Waals surface area contributed by atoms with Gasteiger partial charge in [-0.25, -0.2) is 22.5 Å². The summed E-state index contributed by atoms with van der Waals surface area (Å²) in [5, 5.41) is 6.38. The summed E-state index contributed by atoms with van der Waals surface area (Å²) in [6.07, 6.45) is 2.49. The zero-order valence-electron chi connectivity index (χ0n) is 11.4. The average Bonchev–Trinajstić information content (AvgIpc) is 2.92. The molecule has 21 heavy (non-hydrogen) atoms. The number of aromatic nitrogens is 3. The zero-order chi connectivity index (χ0) is 15.5. The van der Waals surface area contributed by atoms with Gasteiger partial charge >= 0.3 is 0 Å². The molecule has 0 saturated carbocycles. The average molecular weight is 313 g/mol. The quantitative estimate of drug-likeness (QED) is 0.538. The van der Waals surface area contributed by atoms with Crippen LogP contribution >= 0.6 is 0 Å². The van der Waals surface area contributed by atoms with E-state index in [9.17, 15) is 12.8 Å². The molecule has 4 N–H and O–H groups in total. The Hall–Kier alpha value is -2.00. The first kappa shape index (κ1) is 15.4. The standard InChI is InChI=1S/C12H16FN5O2S/c1-8-10(13)5-9(14)6-11(8)21(19,20)17-4-2-3-12-15-7-16-18-12/h5-7,17H,2-4,14H2,1H3,(H,15,16,18). The normalized spacial score (nSPS) is 11.7. The molecule has 1 aromatic carbocycles. The number of aryl methyl sites for hydroxylation is 1. The minimum Gasteiger partial charge on any atom is -0.399 e. The molecule has 9 heteroatoms. The molecule has 0 bridgehead atoms. The van der Waals surface area contributed by atoms with Crippen molar-refractivity contribution in [3.63, 3.8) is 0 Å². The van der Waals surface area contributed by atoms with Gasteiger partial charge in [0.25, 0.3) is 0 Å². The first-order chi connectivity index (χ1) is 9.90. The number of hydrogen-bond donors (Lipinski definition) is 3. The number of anilines is 1. The molecule has 1 aromatic heterocycles. The number of rotatable bonds is 6. The highest BCUT2D eigenvalue weighted by molar-refractivity contribution is 7.89. The lowest BCUT2D eigenvalue weighted by Crippen LogP contribution is -2.26. The van der Waals surface area contributed by atoms with Crippen LogP contribution in [0.2, 0.25) is 0 Å². The lowest BCUT2D eigenvalue weighted by molar-refractivity contribution is 0.572. The molecule has 2 rings (SSSR count). The Labute approximate surface area is 121 Å². The summed E-state index contributed by atoms with van der Waals surface area (Å²) >= 11 is 0. The number of nitrogens with two attached hydrogens (primary N) is 1. The first-order valence-corrected chi connectivity index (χ1v) is 7.78. The summed E-state index contributed by atoms with van der Waals surface area (Å²) < 4.78 is 40.3. The van der Waals surface area contributed by atoms with E-state index in [-0.39, 0.29) is 22.7 Å². The van der Waals surface area contributed by atoms with Crippen LogP contribution in [0.1, 0.15) is 17.8 Å². The first-order valence-electron chi connectivity index (χ1n) is 6.29. The van der Waals surface area contributed by atoms with Crippen LogP contribution in [-0.4, -0.2) is 30.1 Å². The molecule has 0 unspecified atom stereocenters. The monoisotopic (exact) mass is 313 g/mol. The number of H-pyrrole nitrogens is 1. The Morgan fingerprint density at radius 3 is 2.86 bits per heavy atom. The van der Waals surface area contributed by atoms with E-state index in [1.807, 2.05) is 0 Å². The van der Waals surface area contributed by atoms with Crippen LogP contribution in [0.4, 0.5) is 10.1 Å². The van der Waals surface area contributed by atoms with E-state index >= 15 is 0 Å². The van der Waals surface area contributed by atoms with E-state index in [1.165, 1.54) is 19.3 Å². The number of hydrogen-bond acceptors (Lipinski definition) is 5. The Balaban J connectivity index is 2.02. The molecule has 0 fully saturated rings. The lowest BCUT2D eigenvalue weighted by atomic mass is 10.2. The third-order valence-corrected chi connectivity index (χ3v) is 4.54. The number of sulfonamides is 1. The predicted molar refractivity (Wildman–Crippen MR) is 75.4 cm³/mol. The Morgan fingerprint density at radius 2 is 2.19 bits per heavy atom. The molecule has 0 aliphatic carbocycles. The summed E-state index contributed by atoms with van der Waals surface area (Å²) in [5.41, 5.74) is 5.61. The fraction of sp³-hybridized carbons (Fsp3) is 0.333. The van der Waals surface area contributed by atoms with Gasteiger partial charge < -0.3 is 5.73 Å². The van der Waals surface area contributed by atoms with Crippen LogP contribution < -0.4 is 10.5 Å². The number of halogens is 1. The molecular weight excluding hydrogens is 297 g/mol. The van der Waals surface area contributed by atoms with Crippen molar-refractivity contribution < 1.29 is 12.8 Å². The Kier molecular flexibility index (Phi) is 4.53. The second-order valence-corrected chi connectivity index (χ2v) is 6.29. The van der Waals surface area contributed by atoms with Crippen LogP contribution in [0, 0.1) is 12.7 Å². The van der Waals surface area contributed by atoms with Crippen LogP contribution in [0.5, 0.6) is 0 Å². The van der Waals surface area contributed by atoms with Crippen LogP contribution in [0.15, 0.2) is 23.4 Å². The van der Waals surface area contributed by atoms with Gasteiger partial charge in [0.15, 0.2) is 0 Å². The van der Waals surface area contributed by atoms with Crippen molar-refractivity contribution in [2.75, 3.05) is 12.3 Å². The van der Waals surface area contributed by atoms with Gasteiger partial charge in [0, 0.05) is 24.2 Å². The van der Waals surface area contributed by atoms with Gasteiger partial charge in [-0.05, 0) is 25.5 Å². The molecule has 0 aliphatic rings. The van der Waals surface area contributed by atoms with E-state index in [4.69, 9.17) is 5.73 Å². The van der Waals surface area contributed by atoms with Crippen LogP contribution in [-0.2, 0) is 16.4 Å². The maximum absolute atomic E-state index is 13.6. The third-order valence-electron chi connectivity index (χ3n) is 2.96. The fourth-order valence-corrected chi connectivity index (χ4v) is 3.20. The van der Waals surface area contributed by atoms with Gasteiger partial charge in [0.1, 0.15) is 18.0 Å². The minimum atomic E-state index is -3.79. The molecule has 2 aromatic rings. The number of nitrogens with one attached hydrogen (secondary N) is 2. The van der Waals surface area contributed by atoms with E-state index < -0.39 is 15.8 Å². The van der Waals surface area contributed by atoms with Gasteiger partial charge in [0.05, 0.1) is 4.90 Å². The molecule has 0 spiro atoms. The Morgan fingerprint density at radius 1 is 1.43 bits per heavy atom. The predicted octanol–water partition coefficient (Wildman–Crippen LogP) is 0.746. The molecule has 0 atom stereocenters. The van der Waals surface area contributed by atoms with E-state index in [1.54, 1.807) is 0 Å². The van der Waals surface area contributed by atoms with E-state index in [0.29, 0.717) is 18.7 Å². The molecule has 114 valence electrons. The minimum absolute atomic E-state index is 0.0481. The largest absolute Gasteiger partial charge is 0.399 e. The number of nitrogens with zero attached hydrogens (tertiary/aromatic N) is 2. The maximum atomic E-state index is 13.6. The third kappa shape index (κ3) is 3.76. The van der Waals surface area contributed by atoms with Crippen LogP contribution in [0.25, 0.3) is 0 Å². The van der Waals surface area contributed by atoms with Crippen molar-refractivity contribution in [1.82, 2.24) is 19.9 Å². The zero-order valence-corrected chi connectivity index (χ0v) is 12.2. The van der Waals surface area contributed by atoms with Gasteiger partial charge in [-0.1, -0.05) is 0 Å². The molecule has 7 nitrogen and oxygen atoms in total. The van der Waals surface area contributed by atoms with Gasteiger partial charge in [-0.3, -0.25) is 5.10 Å². The SMILES string of the molecule is Cc1c(F)cc(N)cc1S(=O)(=O)NCCCc1ncn[nH]1. The summed E-state index contributed by atoms with van der Waals surface area (Å²) in [4.78, 5) is 3.80.